The maximum absolute atomic E-state index is 10.0. The van der Waals surface area contributed by atoms with Gasteiger partial charge in [-0.1, -0.05) is 6.92 Å². The van der Waals surface area contributed by atoms with Crippen molar-refractivity contribution in [3.05, 3.63) is 0 Å². The van der Waals surface area contributed by atoms with Gasteiger partial charge in [-0.05, 0) is 47.1 Å². The fourth-order valence-corrected chi connectivity index (χ4v) is 1.43. The van der Waals surface area contributed by atoms with Crippen molar-refractivity contribution in [3.8, 4) is 0 Å². The molecule has 0 fully saturated rings. The molecule has 0 aliphatic carbocycles. The molecule has 0 aromatic rings. The largest absolute Gasteiger partial charge is 0.330 e. The predicted octanol–water partition coefficient (Wildman–Crippen LogP) is 1.99. The van der Waals surface area contributed by atoms with Gasteiger partial charge in [0.15, 0.2) is 0 Å². The van der Waals surface area contributed by atoms with Gasteiger partial charge < -0.3 is 10.9 Å². The fraction of sp³-hybridized carbons (Fsp3) is 1.00. The molecule has 0 saturated heterocycles. The van der Waals surface area contributed by atoms with Gasteiger partial charge in [-0.3, -0.25) is 0 Å². The highest BCUT2D eigenvalue weighted by molar-refractivity contribution is 4.86. The summed E-state index contributed by atoms with van der Waals surface area (Å²) < 4.78 is 0. The van der Waals surface area contributed by atoms with E-state index >= 15 is 0 Å². The van der Waals surface area contributed by atoms with Crippen LogP contribution in [0.15, 0.2) is 0 Å². The van der Waals surface area contributed by atoms with Crippen molar-refractivity contribution in [3.63, 3.8) is 0 Å². The van der Waals surface area contributed by atoms with Crippen LogP contribution in [0.5, 0.6) is 0 Å². The SMILES string of the molecule is CCC(C)(C)N(O)C(C)(C)CCN. The molecule has 13 heavy (non-hydrogen) atoms. The molecule has 3 heteroatoms. The van der Waals surface area contributed by atoms with Gasteiger partial charge >= 0.3 is 0 Å². The Labute approximate surface area is 81.9 Å². The third-order valence-electron chi connectivity index (χ3n) is 2.77. The minimum absolute atomic E-state index is 0.182. The van der Waals surface area contributed by atoms with Gasteiger partial charge in [0.05, 0.1) is 0 Å². The second-order valence-corrected chi connectivity index (χ2v) is 4.83. The summed E-state index contributed by atoms with van der Waals surface area (Å²) >= 11 is 0. The molecule has 0 unspecified atom stereocenters. The van der Waals surface area contributed by atoms with Crippen LogP contribution in [0, 0.1) is 0 Å². The van der Waals surface area contributed by atoms with E-state index in [-0.39, 0.29) is 11.1 Å². The van der Waals surface area contributed by atoms with E-state index in [1.165, 1.54) is 5.06 Å². The van der Waals surface area contributed by atoms with Crippen molar-refractivity contribution in [2.75, 3.05) is 6.54 Å². The lowest BCUT2D eigenvalue weighted by atomic mass is 9.92. The first-order valence-electron chi connectivity index (χ1n) is 4.97. The summed E-state index contributed by atoms with van der Waals surface area (Å²) in [6, 6.07) is 0. The number of nitrogens with two attached hydrogens (primary N) is 1. The average molecular weight is 188 g/mol. The van der Waals surface area contributed by atoms with E-state index in [4.69, 9.17) is 5.73 Å². The molecule has 0 aliphatic rings. The molecule has 0 aromatic heterocycles. The minimum atomic E-state index is -0.242. The topological polar surface area (TPSA) is 49.5 Å². The molecular formula is C10H24N2O. The molecule has 0 aliphatic heterocycles. The summed E-state index contributed by atoms with van der Waals surface area (Å²) in [7, 11) is 0. The second-order valence-electron chi connectivity index (χ2n) is 4.83. The number of hydroxylamine groups is 2. The molecule has 0 rings (SSSR count). The Hall–Kier alpha value is -0.120. The summed E-state index contributed by atoms with van der Waals surface area (Å²) in [5, 5.41) is 11.5. The van der Waals surface area contributed by atoms with E-state index in [2.05, 4.69) is 6.92 Å². The van der Waals surface area contributed by atoms with Gasteiger partial charge in [0, 0.05) is 11.1 Å². The van der Waals surface area contributed by atoms with Crippen molar-refractivity contribution in [2.45, 2.75) is 58.5 Å². The van der Waals surface area contributed by atoms with Crippen molar-refractivity contribution >= 4 is 0 Å². The van der Waals surface area contributed by atoms with E-state index in [0.29, 0.717) is 6.54 Å². The molecule has 0 bridgehead atoms. The van der Waals surface area contributed by atoms with Crippen LogP contribution in [0.1, 0.15) is 47.5 Å². The van der Waals surface area contributed by atoms with Crippen LogP contribution in [0.25, 0.3) is 0 Å². The zero-order valence-corrected chi connectivity index (χ0v) is 9.59. The highest BCUT2D eigenvalue weighted by atomic mass is 16.5. The van der Waals surface area contributed by atoms with Crippen LogP contribution in [-0.4, -0.2) is 27.9 Å². The standard InChI is InChI=1S/C10H24N2O/c1-6-9(2,3)12(13)10(4,5)7-8-11/h13H,6-8,11H2,1-5H3. The van der Waals surface area contributed by atoms with Gasteiger partial charge in [0.2, 0.25) is 0 Å². The monoisotopic (exact) mass is 188 g/mol. The molecule has 0 radical (unpaired) electrons. The first kappa shape index (κ1) is 12.9. The Kier molecular flexibility index (Phi) is 4.36. The lowest BCUT2D eigenvalue weighted by Gasteiger charge is -2.43. The zero-order valence-electron chi connectivity index (χ0n) is 9.59. The van der Waals surface area contributed by atoms with Crippen LogP contribution < -0.4 is 5.73 Å². The van der Waals surface area contributed by atoms with Crippen LogP contribution >= 0.6 is 0 Å². The molecular weight excluding hydrogens is 164 g/mol. The maximum Gasteiger partial charge on any atom is 0.0422 e. The number of hydrogen-bond acceptors (Lipinski definition) is 3. The Morgan fingerprint density at radius 2 is 1.62 bits per heavy atom. The summed E-state index contributed by atoms with van der Waals surface area (Å²) in [5.41, 5.74) is 5.08. The summed E-state index contributed by atoms with van der Waals surface area (Å²) in [6.45, 7) is 10.8. The van der Waals surface area contributed by atoms with Crippen LogP contribution in [0.4, 0.5) is 0 Å². The quantitative estimate of drug-likeness (QED) is 0.649. The Morgan fingerprint density at radius 1 is 1.15 bits per heavy atom. The molecule has 0 saturated carbocycles. The smallest absolute Gasteiger partial charge is 0.0422 e. The van der Waals surface area contributed by atoms with E-state index < -0.39 is 0 Å². The second kappa shape index (κ2) is 4.40. The molecule has 3 N–H and O–H groups in total. The van der Waals surface area contributed by atoms with Gasteiger partial charge in [-0.25, -0.2) is 0 Å². The Balaban J connectivity index is 4.47. The molecule has 3 nitrogen and oxygen atoms in total. The first-order valence-corrected chi connectivity index (χ1v) is 4.97. The highest BCUT2D eigenvalue weighted by Gasteiger charge is 2.35. The van der Waals surface area contributed by atoms with E-state index in [9.17, 15) is 5.21 Å². The van der Waals surface area contributed by atoms with Crippen LogP contribution in [0.3, 0.4) is 0 Å². The normalized spacial score (nSPS) is 13.8. The van der Waals surface area contributed by atoms with Crippen LogP contribution in [-0.2, 0) is 0 Å². The van der Waals surface area contributed by atoms with Crippen LogP contribution in [0.2, 0.25) is 0 Å². The van der Waals surface area contributed by atoms with Gasteiger partial charge in [0.1, 0.15) is 0 Å². The van der Waals surface area contributed by atoms with E-state index in [0.717, 1.165) is 12.8 Å². The summed E-state index contributed by atoms with van der Waals surface area (Å²) in [6.07, 6.45) is 1.71. The average Bonchev–Trinajstić information content (AvgIpc) is 2.03. The lowest BCUT2D eigenvalue weighted by molar-refractivity contribution is -0.225. The fourth-order valence-electron chi connectivity index (χ4n) is 1.43. The van der Waals surface area contributed by atoms with Crippen molar-refractivity contribution in [1.82, 2.24) is 5.06 Å². The highest BCUT2D eigenvalue weighted by Crippen LogP contribution is 2.27. The van der Waals surface area contributed by atoms with E-state index in [1.54, 1.807) is 0 Å². The Bertz CT molecular complexity index is 155. The number of rotatable bonds is 5. The molecule has 0 aromatic carbocycles. The summed E-state index contributed by atoms with van der Waals surface area (Å²) in [5.74, 6) is 0. The lowest BCUT2D eigenvalue weighted by Crippen LogP contribution is -2.54. The third-order valence-corrected chi connectivity index (χ3v) is 2.77. The number of hydrogen-bond donors (Lipinski definition) is 2. The minimum Gasteiger partial charge on any atom is -0.330 e. The van der Waals surface area contributed by atoms with Gasteiger partial charge in [0.25, 0.3) is 0 Å². The molecule has 0 amide bonds. The third kappa shape index (κ3) is 3.25. The zero-order chi connectivity index (χ0) is 10.7. The van der Waals surface area contributed by atoms with Gasteiger partial charge in [-0.15, -0.1) is 0 Å². The Morgan fingerprint density at radius 3 is 1.92 bits per heavy atom. The van der Waals surface area contributed by atoms with Crippen molar-refractivity contribution in [2.24, 2.45) is 5.73 Å². The van der Waals surface area contributed by atoms with Gasteiger partial charge in [-0.2, -0.15) is 5.06 Å². The molecule has 0 atom stereocenters. The summed E-state index contributed by atoms with van der Waals surface area (Å²) in [4.78, 5) is 0. The predicted molar refractivity (Wildman–Crippen MR) is 55.7 cm³/mol. The first-order chi connectivity index (χ1) is 5.78. The molecule has 0 spiro atoms. The molecule has 0 heterocycles. The van der Waals surface area contributed by atoms with E-state index in [1.807, 2.05) is 27.7 Å². The van der Waals surface area contributed by atoms with Crippen molar-refractivity contribution in [1.29, 1.82) is 0 Å². The molecule has 80 valence electrons. The number of nitrogens with zero attached hydrogens (tertiary/aromatic N) is 1. The maximum atomic E-state index is 10.0. The van der Waals surface area contributed by atoms with Crippen molar-refractivity contribution < 1.29 is 5.21 Å².